The molecule has 0 spiro atoms. The van der Waals surface area contributed by atoms with Gasteiger partial charge in [0.15, 0.2) is 0 Å². The number of rotatable bonds is 0. The fraction of sp³-hybridized carbons (Fsp3) is 0.955. The maximum absolute atomic E-state index is 12.9. The summed E-state index contributed by atoms with van der Waals surface area (Å²) in [5.41, 5.74) is -0.472. The number of hydrogen-bond donors (Lipinski definition) is 1. The molecular weight excluding hydrogens is 296 g/mol. The molecule has 4 fully saturated rings. The first-order valence-electron chi connectivity index (χ1n) is 10.5. The molecule has 0 unspecified atom stereocenters. The zero-order valence-electron chi connectivity index (χ0n) is 16.1. The first-order chi connectivity index (χ1) is 11.2. The highest BCUT2D eigenvalue weighted by atomic mass is 16.3. The molecule has 0 amide bonds. The molecule has 4 aliphatic rings. The summed E-state index contributed by atoms with van der Waals surface area (Å²) in [5, 5.41) is 10.5. The minimum Gasteiger partial charge on any atom is -0.390 e. The molecule has 2 nitrogen and oxygen atoms in total. The van der Waals surface area contributed by atoms with Crippen molar-refractivity contribution >= 4 is 5.78 Å². The Bertz CT molecular complexity index is 524. The molecular formula is C22H36O2. The van der Waals surface area contributed by atoms with Crippen molar-refractivity contribution in [2.24, 2.45) is 46.8 Å². The van der Waals surface area contributed by atoms with Crippen molar-refractivity contribution in [1.82, 2.24) is 0 Å². The highest BCUT2D eigenvalue weighted by molar-refractivity contribution is 5.86. The monoisotopic (exact) mass is 332 g/mol. The average molecular weight is 333 g/mol. The van der Waals surface area contributed by atoms with E-state index in [0.717, 1.165) is 49.4 Å². The molecule has 1 N–H and O–H groups in total. The van der Waals surface area contributed by atoms with Gasteiger partial charge in [-0.25, -0.2) is 0 Å². The van der Waals surface area contributed by atoms with Crippen molar-refractivity contribution in [1.29, 1.82) is 0 Å². The topological polar surface area (TPSA) is 37.3 Å². The number of hydrogen-bond acceptors (Lipinski definition) is 2. The van der Waals surface area contributed by atoms with E-state index in [1.54, 1.807) is 0 Å². The lowest BCUT2D eigenvalue weighted by Gasteiger charge is -2.60. The average Bonchev–Trinajstić information content (AvgIpc) is 2.51. The third-order valence-corrected chi connectivity index (χ3v) is 9.10. The molecule has 136 valence electrons. The van der Waals surface area contributed by atoms with Crippen LogP contribution in [0.1, 0.15) is 79.1 Å². The number of fused-ring (bicyclic) bond motifs is 5. The first kappa shape index (κ1) is 17.1. The van der Waals surface area contributed by atoms with Crippen LogP contribution >= 0.6 is 0 Å². The molecule has 2 heteroatoms. The fourth-order valence-electron chi connectivity index (χ4n) is 7.69. The normalized spacial score (nSPS) is 57.7. The van der Waals surface area contributed by atoms with Gasteiger partial charge in [-0.15, -0.1) is 0 Å². The van der Waals surface area contributed by atoms with Gasteiger partial charge in [0.1, 0.15) is 5.78 Å². The van der Waals surface area contributed by atoms with Gasteiger partial charge in [-0.2, -0.15) is 0 Å². The minimum absolute atomic E-state index is 0.0416. The molecule has 4 saturated carbocycles. The van der Waals surface area contributed by atoms with Crippen molar-refractivity contribution in [2.45, 2.75) is 84.7 Å². The van der Waals surface area contributed by atoms with E-state index in [4.69, 9.17) is 0 Å². The van der Waals surface area contributed by atoms with Gasteiger partial charge < -0.3 is 5.11 Å². The summed E-state index contributed by atoms with van der Waals surface area (Å²) in [6.45, 7) is 9.07. The van der Waals surface area contributed by atoms with Crippen LogP contribution in [0, 0.1) is 46.8 Å². The zero-order valence-corrected chi connectivity index (χ0v) is 16.1. The molecule has 0 heterocycles. The van der Waals surface area contributed by atoms with E-state index >= 15 is 0 Å². The van der Waals surface area contributed by atoms with Crippen LogP contribution in [0.25, 0.3) is 0 Å². The highest BCUT2D eigenvalue weighted by Crippen LogP contribution is 2.62. The molecule has 0 aromatic rings. The van der Waals surface area contributed by atoms with E-state index in [1.807, 2.05) is 6.92 Å². The molecule has 0 aliphatic heterocycles. The Labute approximate surface area is 147 Å². The molecule has 4 aliphatic carbocycles. The van der Waals surface area contributed by atoms with Crippen molar-refractivity contribution in [2.75, 3.05) is 0 Å². The first-order valence-corrected chi connectivity index (χ1v) is 10.5. The summed E-state index contributed by atoms with van der Waals surface area (Å²) < 4.78 is 0. The molecule has 0 radical (unpaired) electrons. The highest BCUT2D eigenvalue weighted by Gasteiger charge is 2.58. The maximum Gasteiger partial charge on any atom is 0.139 e. The lowest BCUT2D eigenvalue weighted by Crippen LogP contribution is -2.57. The van der Waals surface area contributed by atoms with Crippen molar-refractivity contribution < 1.29 is 9.90 Å². The smallest absolute Gasteiger partial charge is 0.139 e. The largest absolute Gasteiger partial charge is 0.390 e. The summed E-state index contributed by atoms with van der Waals surface area (Å²) in [6.07, 6.45) is 8.96. The van der Waals surface area contributed by atoms with Crippen LogP contribution in [-0.2, 0) is 4.79 Å². The molecule has 4 rings (SSSR count). The Hall–Kier alpha value is -0.370. The Morgan fingerprint density at radius 2 is 1.67 bits per heavy atom. The van der Waals surface area contributed by atoms with Gasteiger partial charge in [0.05, 0.1) is 5.60 Å². The van der Waals surface area contributed by atoms with Crippen LogP contribution in [0.5, 0.6) is 0 Å². The predicted molar refractivity (Wildman–Crippen MR) is 96.5 cm³/mol. The van der Waals surface area contributed by atoms with Crippen LogP contribution in [0.3, 0.4) is 0 Å². The van der Waals surface area contributed by atoms with E-state index in [-0.39, 0.29) is 5.41 Å². The van der Waals surface area contributed by atoms with Crippen LogP contribution in [0.15, 0.2) is 0 Å². The van der Waals surface area contributed by atoms with Gasteiger partial charge in [0.25, 0.3) is 0 Å². The Balaban J connectivity index is 1.62. The summed E-state index contributed by atoms with van der Waals surface area (Å²) in [6, 6.07) is 0. The van der Waals surface area contributed by atoms with Crippen molar-refractivity contribution in [3.63, 3.8) is 0 Å². The van der Waals surface area contributed by atoms with Crippen LogP contribution in [-0.4, -0.2) is 16.5 Å². The van der Waals surface area contributed by atoms with E-state index in [9.17, 15) is 9.90 Å². The summed E-state index contributed by atoms with van der Waals surface area (Å²) >= 11 is 0. The van der Waals surface area contributed by atoms with Gasteiger partial charge in [-0.05, 0) is 93.3 Å². The number of carbonyl (C=O) groups is 1. The standard InChI is InChI=1S/C22H36O2/c1-13-11-19(23)22(4)10-8-17-16-7-9-21(3,24)12-15(16)5-6-18(17)20(22)14(13)2/h13-18,20,24H,5-12H2,1-4H3/t13-,14+,15+,16-,17+,18+,20-,21+,22+/m0/s1. The summed E-state index contributed by atoms with van der Waals surface area (Å²) in [7, 11) is 0. The maximum atomic E-state index is 12.9. The van der Waals surface area contributed by atoms with Gasteiger partial charge in [-0.3, -0.25) is 4.79 Å². The fourth-order valence-corrected chi connectivity index (χ4v) is 7.69. The summed E-state index contributed by atoms with van der Waals surface area (Å²) in [4.78, 5) is 12.9. The number of carbonyl (C=O) groups excluding carboxylic acids is 1. The zero-order chi connectivity index (χ0) is 17.3. The van der Waals surface area contributed by atoms with E-state index in [0.29, 0.717) is 23.5 Å². The second-order valence-corrected chi connectivity index (χ2v) is 10.5. The Morgan fingerprint density at radius 1 is 0.958 bits per heavy atom. The van der Waals surface area contributed by atoms with Crippen LogP contribution < -0.4 is 0 Å². The Morgan fingerprint density at radius 3 is 2.42 bits per heavy atom. The number of aliphatic hydroxyl groups is 1. The van der Waals surface area contributed by atoms with Gasteiger partial charge in [-0.1, -0.05) is 20.8 Å². The molecule has 0 aromatic heterocycles. The van der Waals surface area contributed by atoms with E-state index in [2.05, 4.69) is 20.8 Å². The van der Waals surface area contributed by atoms with Crippen LogP contribution in [0.2, 0.25) is 0 Å². The molecule has 24 heavy (non-hydrogen) atoms. The lowest BCUT2D eigenvalue weighted by atomic mass is 9.44. The molecule has 0 saturated heterocycles. The SMILES string of the molecule is C[C@H]1[C@H]2[C@@H]3CC[C@@H]4C[C@](C)(O)CC[C@@H]4[C@H]3CC[C@]2(C)C(=O)C[C@@H]1C. The number of ketones is 1. The summed E-state index contributed by atoms with van der Waals surface area (Å²) in [5.74, 6) is 5.52. The number of Topliss-reactive ketones (excluding diaryl/α,β-unsaturated/α-hetero) is 1. The molecule has 0 bridgehead atoms. The van der Waals surface area contributed by atoms with Gasteiger partial charge in [0.2, 0.25) is 0 Å². The lowest BCUT2D eigenvalue weighted by molar-refractivity contribution is -0.160. The van der Waals surface area contributed by atoms with E-state index < -0.39 is 5.60 Å². The Kier molecular flexibility index (Phi) is 3.95. The van der Waals surface area contributed by atoms with Gasteiger partial charge >= 0.3 is 0 Å². The van der Waals surface area contributed by atoms with Crippen molar-refractivity contribution in [3.8, 4) is 0 Å². The molecule has 9 atom stereocenters. The predicted octanol–water partition coefficient (Wildman–Crippen LogP) is 4.84. The van der Waals surface area contributed by atoms with E-state index in [1.165, 1.54) is 25.7 Å². The second-order valence-electron chi connectivity index (χ2n) is 10.5. The minimum atomic E-state index is -0.431. The quantitative estimate of drug-likeness (QED) is 0.689. The second kappa shape index (κ2) is 5.56. The third kappa shape index (κ3) is 2.42. The van der Waals surface area contributed by atoms with Crippen molar-refractivity contribution in [3.05, 3.63) is 0 Å². The van der Waals surface area contributed by atoms with Gasteiger partial charge in [0, 0.05) is 11.8 Å². The third-order valence-electron chi connectivity index (χ3n) is 9.10. The molecule has 0 aromatic carbocycles. The van der Waals surface area contributed by atoms with Crippen LogP contribution in [0.4, 0.5) is 0 Å².